The molecule has 0 saturated heterocycles. The first-order valence-electron chi connectivity index (χ1n) is 4.18. The lowest BCUT2D eigenvalue weighted by Gasteiger charge is -2.09. The third-order valence-corrected chi connectivity index (χ3v) is 1.94. The smallest absolute Gasteiger partial charge is 0.165 e. The fourth-order valence-electron chi connectivity index (χ4n) is 1.23. The van der Waals surface area contributed by atoms with Gasteiger partial charge in [0.2, 0.25) is 0 Å². The van der Waals surface area contributed by atoms with E-state index in [2.05, 4.69) is 0 Å². The molecule has 3 nitrogen and oxygen atoms in total. The number of ether oxygens (including phenoxy) is 2. The van der Waals surface area contributed by atoms with Crippen LogP contribution in [0.2, 0.25) is 0 Å². The highest BCUT2D eigenvalue weighted by Crippen LogP contribution is 2.22. The zero-order valence-electron chi connectivity index (χ0n) is 8.21. The van der Waals surface area contributed by atoms with E-state index in [9.17, 15) is 4.39 Å². The molecule has 0 bridgehead atoms. The maximum atomic E-state index is 13.2. The van der Waals surface area contributed by atoms with Crippen molar-refractivity contribution in [1.29, 1.82) is 0 Å². The third kappa shape index (κ3) is 2.21. The maximum absolute atomic E-state index is 13.2. The third-order valence-electron chi connectivity index (χ3n) is 1.94. The molecule has 0 saturated carbocycles. The van der Waals surface area contributed by atoms with Crippen molar-refractivity contribution in [3.63, 3.8) is 0 Å². The highest BCUT2D eigenvalue weighted by Gasteiger charge is 2.09. The number of hydrogen-bond acceptors (Lipinski definition) is 3. The predicted molar refractivity (Wildman–Crippen MR) is 49.6 cm³/mol. The first-order valence-corrected chi connectivity index (χ1v) is 4.18. The van der Waals surface area contributed by atoms with E-state index < -0.39 is 5.82 Å². The van der Waals surface area contributed by atoms with Crippen molar-refractivity contribution >= 4 is 0 Å². The van der Waals surface area contributed by atoms with Crippen LogP contribution in [0.3, 0.4) is 0 Å². The van der Waals surface area contributed by atoms with Crippen LogP contribution in [-0.2, 0) is 18.0 Å². The van der Waals surface area contributed by atoms with Crippen LogP contribution in [0.5, 0.6) is 5.75 Å². The second-order valence-corrected chi connectivity index (χ2v) is 2.85. The van der Waals surface area contributed by atoms with Gasteiger partial charge >= 0.3 is 0 Å². The summed E-state index contributed by atoms with van der Waals surface area (Å²) in [5.41, 5.74) is 1.25. The molecule has 0 aliphatic heterocycles. The molecule has 0 radical (unpaired) electrons. The van der Waals surface area contributed by atoms with E-state index in [-0.39, 0.29) is 12.4 Å². The number of benzene rings is 1. The maximum Gasteiger partial charge on any atom is 0.165 e. The molecule has 0 unspecified atom stereocenters. The Bertz CT molecular complexity index is 312. The number of hydrogen-bond donors (Lipinski definition) is 1. The van der Waals surface area contributed by atoms with Gasteiger partial charge in [0, 0.05) is 7.11 Å². The van der Waals surface area contributed by atoms with Crippen LogP contribution in [0.1, 0.15) is 11.1 Å². The monoisotopic (exact) mass is 200 g/mol. The van der Waals surface area contributed by atoms with Crippen LogP contribution in [-0.4, -0.2) is 19.3 Å². The summed E-state index contributed by atoms with van der Waals surface area (Å²) < 4.78 is 22.9. The Morgan fingerprint density at radius 3 is 2.50 bits per heavy atom. The Morgan fingerprint density at radius 1 is 1.29 bits per heavy atom. The van der Waals surface area contributed by atoms with Crippen molar-refractivity contribution in [2.24, 2.45) is 0 Å². The van der Waals surface area contributed by atoms with Gasteiger partial charge in [0.25, 0.3) is 0 Å². The second kappa shape index (κ2) is 4.93. The number of aliphatic hydroxyl groups excluding tert-OH is 1. The quantitative estimate of drug-likeness (QED) is 0.800. The molecule has 0 aliphatic rings. The molecular formula is C10H13FO3. The van der Waals surface area contributed by atoms with Gasteiger partial charge in [0.05, 0.1) is 20.3 Å². The van der Waals surface area contributed by atoms with Gasteiger partial charge in [0.1, 0.15) is 0 Å². The number of aliphatic hydroxyl groups is 1. The molecular weight excluding hydrogens is 187 g/mol. The molecule has 14 heavy (non-hydrogen) atoms. The summed E-state index contributed by atoms with van der Waals surface area (Å²) in [5, 5.41) is 8.97. The zero-order chi connectivity index (χ0) is 10.6. The van der Waals surface area contributed by atoms with E-state index in [0.717, 1.165) is 5.56 Å². The molecule has 1 N–H and O–H groups in total. The van der Waals surface area contributed by atoms with Crippen LogP contribution < -0.4 is 4.74 Å². The van der Waals surface area contributed by atoms with E-state index in [1.54, 1.807) is 0 Å². The van der Waals surface area contributed by atoms with Crippen molar-refractivity contribution in [3.05, 3.63) is 29.1 Å². The minimum atomic E-state index is -0.476. The summed E-state index contributed by atoms with van der Waals surface area (Å²) in [7, 11) is 2.94. The highest BCUT2D eigenvalue weighted by atomic mass is 19.1. The van der Waals surface area contributed by atoms with Gasteiger partial charge in [-0.3, -0.25) is 0 Å². The van der Waals surface area contributed by atoms with Gasteiger partial charge in [-0.25, -0.2) is 4.39 Å². The topological polar surface area (TPSA) is 38.7 Å². The molecule has 0 aromatic heterocycles. The first kappa shape index (κ1) is 10.9. The molecule has 1 aromatic rings. The lowest BCUT2D eigenvalue weighted by atomic mass is 10.1. The highest BCUT2D eigenvalue weighted by molar-refractivity contribution is 5.36. The Balaban J connectivity index is 3.11. The van der Waals surface area contributed by atoms with Crippen molar-refractivity contribution in [2.75, 3.05) is 14.2 Å². The number of methoxy groups -OCH3 is 2. The molecule has 0 atom stereocenters. The van der Waals surface area contributed by atoms with Crippen LogP contribution >= 0.6 is 0 Å². The summed E-state index contributed by atoms with van der Waals surface area (Å²) >= 11 is 0. The van der Waals surface area contributed by atoms with E-state index in [1.165, 1.54) is 26.4 Å². The lowest BCUT2D eigenvalue weighted by Crippen LogP contribution is -1.99. The lowest BCUT2D eigenvalue weighted by molar-refractivity contribution is 0.181. The van der Waals surface area contributed by atoms with Gasteiger partial charge in [0.15, 0.2) is 11.6 Å². The Labute approximate surface area is 82.1 Å². The summed E-state index contributed by atoms with van der Waals surface area (Å²) in [6.07, 6.45) is 0. The van der Waals surface area contributed by atoms with E-state index in [0.29, 0.717) is 12.2 Å². The second-order valence-electron chi connectivity index (χ2n) is 2.85. The van der Waals surface area contributed by atoms with Gasteiger partial charge in [-0.05, 0) is 23.3 Å². The normalized spacial score (nSPS) is 10.3. The minimum absolute atomic E-state index is 0.161. The van der Waals surface area contributed by atoms with Crippen molar-refractivity contribution in [1.82, 2.24) is 0 Å². The fourth-order valence-corrected chi connectivity index (χ4v) is 1.23. The minimum Gasteiger partial charge on any atom is -0.494 e. The van der Waals surface area contributed by atoms with E-state index in [1.807, 2.05) is 0 Å². The summed E-state index contributed by atoms with van der Waals surface area (Å²) in [5.74, 6) is -0.314. The Hall–Kier alpha value is -1.13. The molecule has 1 rings (SSSR count). The van der Waals surface area contributed by atoms with Crippen molar-refractivity contribution in [3.8, 4) is 5.75 Å². The Morgan fingerprint density at radius 2 is 2.00 bits per heavy atom. The summed E-state index contributed by atoms with van der Waals surface area (Å²) in [6.45, 7) is 0.117. The van der Waals surface area contributed by atoms with E-state index >= 15 is 0 Å². The van der Waals surface area contributed by atoms with Crippen molar-refractivity contribution < 1.29 is 19.0 Å². The van der Waals surface area contributed by atoms with Crippen LogP contribution in [0.15, 0.2) is 12.1 Å². The molecule has 0 amide bonds. The summed E-state index contributed by atoms with van der Waals surface area (Å²) in [4.78, 5) is 0. The molecule has 78 valence electrons. The van der Waals surface area contributed by atoms with Gasteiger partial charge in [-0.15, -0.1) is 0 Å². The number of rotatable bonds is 4. The SMILES string of the molecule is COCc1cc(OC)c(F)cc1CO. The Kier molecular flexibility index (Phi) is 3.85. The molecule has 1 aromatic carbocycles. The van der Waals surface area contributed by atoms with Gasteiger partial charge in [-0.2, -0.15) is 0 Å². The largest absolute Gasteiger partial charge is 0.494 e. The molecule has 0 heterocycles. The van der Waals surface area contributed by atoms with Crippen LogP contribution in [0, 0.1) is 5.82 Å². The standard InChI is InChI=1S/C10H13FO3/c1-13-6-8-4-10(14-2)9(11)3-7(8)5-12/h3-4,12H,5-6H2,1-2H3. The fraction of sp³-hybridized carbons (Fsp3) is 0.400. The number of halogens is 1. The first-order chi connectivity index (χ1) is 6.72. The van der Waals surface area contributed by atoms with Gasteiger partial charge in [-0.1, -0.05) is 0 Å². The molecule has 0 fully saturated rings. The van der Waals surface area contributed by atoms with E-state index in [4.69, 9.17) is 14.6 Å². The predicted octanol–water partition coefficient (Wildman–Crippen LogP) is 1.47. The molecule has 4 heteroatoms. The molecule has 0 aliphatic carbocycles. The van der Waals surface area contributed by atoms with Crippen LogP contribution in [0.25, 0.3) is 0 Å². The van der Waals surface area contributed by atoms with Gasteiger partial charge < -0.3 is 14.6 Å². The summed E-state index contributed by atoms with van der Waals surface area (Å²) in [6, 6.07) is 2.79. The van der Waals surface area contributed by atoms with Crippen LogP contribution in [0.4, 0.5) is 4.39 Å². The average molecular weight is 200 g/mol. The molecule has 0 spiro atoms. The van der Waals surface area contributed by atoms with Crippen molar-refractivity contribution in [2.45, 2.75) is 13.2 Å². The zero-order valence-corrected chi connectivity index (χ0v) is 8.21. The average Bonchev–Trinajstić information content (AvgIpc) is 2.20.